The number of fused-ring (bicyclic) bond motifs is 2. The van der Waals surface area contributed by atoms with Gasteiger partial charge in [-0.1, -0.05) is 0 Å². The van der Waals surface area contributed by atoms with E-state index >= 15 is 0 Å². The molecule has 0 radical (unpaired) electrons. The normalized spacial score (nSPS) is 32.6. The highest BCUT2D eigenvalue weighted by atomic mass is 15.2. The van der Waals surface area contributed by atoms with Crippen molar-refractivity contribution in [3.63, 3.8) is 0 Å². The van der Waals surface area contributed by atoms with Crippen LogP contribution in [0.2, 0.25) is 0 Å². The lowest BCUT2D eigenvalue weighted by atomic mass is 9.94. The van der Waals surface area contributed by atoms with Crippen LogP contribution in [0.4, 0.5) is 11.4 Å². The summed E-state index contributed by atoms with van der Waals surface area (Å²) in [6.45, 7) is 6.36. The van der Waals surface area contributed by atoms with E-state index in [2.05, 4.69) is 39.4 Å². The molecule has 3 heterocycles. The lowest BCUT2D eigenvalue weighted by Crippen LogP contribution is -2.39. The third kappa shape index (κ3) is 2.39. The Morgan fingerprint density at radius 3 is 2.45 bits per heavy atom. The summed E-state index contributed by atoms with van der Waals surface area (Å²) in [4.78, 5) is 5.11. The summed E-state index contributed by atoms with van der Waals surface area (Å²) in [6, 6.07) is 9.81. The fourth-order valence-corrected chi connectivity index (χ4v) is 4.10. The minimum absolute atomic E-state index is 0.686. The highest BCUT2D eigenvalue weighted by Gasteiger charge is 2.33. The largest absolute Gasteiger partial charge is 0.382 e. The molecule has 3 nitrogen and oxygen atoms in total. The number of hydrogen-bond acceptors (Lipinski definition) is 3. The van der Waals surface area contributed by atoms with Crippen molar-refractivity contribution in [3.05, 3.63) is 24.3 Å². The zero-order valence-electron chi connectivity index (χ0n) is 12.2. The van der Waals surface area contributed by atoms with Gasteiger partial charge in [0.1, 0.15) is 0 Å². The van der Waals surface area contributed by atoms with Crippen LogP contribution in [-0.4, -0.2) is 43.7 Å². The van der Waals surface area contributed by atoms with Crippen LogP contribution >= 0.6 is 0 Å². The van der Waals surface area contributed by atoms with Crippen molar-refractivity contribution < 1.29 is 0 Å². The maximum absolute atomic E-state index is 3.78. The van der Waals surface area contributed by atoms with Crippen molar-refractivity contribution in [3.8, 4) is 0 Å². The maximum Gasteiger partial charge on any atom is 0.0367 e. The summed E-state index contributed by atoms with van der Waals surface area (Å²) in [6.07, 6.45) is 5.38. The fraction of sp³-hybridized carbons (Fsp3) is 0.647. The molecule has 108 valence electrons. The second-order valence-corrected chi connectivity index (χ2v) is 6.63. The van der Waals surface area contributed by atoms with Gasteiger partial charge in [0.25, 0.3) is 0 Å². The number of hydrogen-bond donors (Lipinski definition) is 1. The second kappa shape index (κ2) is 5.28. The van der Waals surface area contributed by atoms with Crippen LogP contribution in [0, 0.1) is 5.92 Å². The van der Waals surface area contributed by atoms with Gasteiger partial charge in [-0.2, -0.15) is 0 Å². The van der Waals surface area contributed by atoms with Gasteiger partial charge in [0.15, 0.2) is 0 Å². The third-order valence-electron chi connectivity index (χ3n) is 5.32. The van der Waals surface area contributed by atoms with E-state index < -0.39 is 0 Å². The Bertz CT molecular complexity index is 450. The molecule has 0 aromatic heterocycles. The molecule has 3 heteroatoms. The van der Waals surface area contributed by atoms with Crippen LogP contribution in [0.1, 0.15) is 25.7 Å². The van der Waals surface area contributed by atoms with Gasteiger partial charge in [-0.25, -0.2) is 0 Å². The smallest absolute Gasteiger partial charge is 0.0367 e. The van der Waals surface area contributed by atoms with E-state index in [9.17, 15) is 0 Å². The average Bonchev–Trinajstić information content (AvgIpc) is 3.14. The van der Waals surface area contributed by atoms with Gasteiger partial charge < -0.3 is 15.1 Å². The number of piperidine rings is 1. The molecule has 3 saturated heterocycles. The van der Waals surface area contributed by atoms with Crippen LogP contribution in [-0.2, 0) is 0 Å². The molecular weight excluding hydrogens is 246 g/mol. The highest BCUT2D eigenvalue weighted by Crippen LogP contribution is 2.30. The topological polar surface area (TPSA) is 18.5 Å². The van der Waals surface area contributed by atoms with Gasteiger partial charge in [0, 0.05) is 43.6 Å². The third-order valence-corrected chi connectivity index (χ3v) is 5.32. The Hall–Kier alpha value is -1.22. The number of benzene rings is 1. The van der Waals surface area contributed by atoms with Gasteiger partial charge in [-0.05, 0) is 62.4 Å². The predicted octanol–water partition coefficient (Wildman–Crippen LogP) is 2.79. The lowest BCUT2D eigenvalue weighted by molar-refractivity contribution is 0.255. The van der Waals surface area contributed by atoms with Crippen LogP contribution in [0.5, 0.6) is 0 Å². The summed E-state index contributed by atoms with van der Waals surface area (Å²) in [7, 11) is 0. The van der Waals surface area contributed by atoms with Crippen molar-refractivity contribution in [1.82, 2.24) is 4.90 Å². The summed E-state index contributed by atoms with van der Waals surface area (Å²) in [5.41, 5.74) is 2.70. The van der Waals surface area contributed by atoms with Crippen molar-refractivity contribution >= 4 is 11.4 Å². The molecule has 0 saturated carbocycles. The van der Waals surface area contributed by atoms with E-state index in [-0.39, 0.29) is 0 Å². The Labute approximate surface area is 121 Å². The Morgan fingerprint density at radius 1 is 0.900 bits per heavy atom. The summed E-state index contributed by atoms with van der Waals surface area (Å²) in [5, 5.41) is 3.78. The molecule has 4 rings (SSSR count). The number of nitrogens with zero attached hydrogens (tertiary/aromatic N) is 2. The monoisotopic (exact) mass is 271 g/mol. The minimum Gasteiger partial charge on any atom is -0.382 e. The van der Waals surface area contributed by atoms with E-state index in [0.29, 0.717) is 6.04 Å². The van der Waals surface area contributed by atoms with Gasteiger partial charge >= 0.3 is 0 Å². The Morgan fingerprint density at radius 2 is 1.65 bits per heavy atom. The standard InChI is InChI=1S/C17H25N3/c1-2-10-20(9-1)16-5-3-15(4-6-16)18-17-8-12-19-11-7-14(17)13-19/h3-6,14,17-18H,1-2,7-13H2. The van der Waals surface area contributed by atoms with Gasteiger partial charge in [-0.15, -0.1) is 0 Å². The highest BCUT2D eigenvalue weighted by molar-refractivity contribution is 5.56. The number of rotatable bonds is 3. The van der Waals surface area contributed by atoms with Crippen molar-refractivity contribution in [2.75, 3.05) is 42.9 Å². The van der Waals surface area contributed by atoms with Gasteiger partial charge in [0.05, 0.1) is 0 Å². The fourth-order valence-electron chi connectivity index (χ4n) is 4.10. The molecule has 3 atom stereocenters. The van der Waals surface area contributed by atoms with Gasteiger partial charge in [0.2, 0.25) is 0 Å². The maximum atomic E-state index is 3.78. The van der Waals surface area contributed by atoms with Crippen molar-refractivity contribution in [2.45, 2.75) is 31.7 Å². The molecule has 1 aromatic carbocycles. The molecule has 3 aliphatic heterocycles. The first-order chi connectivity index (χ1) is 9.88. The molecule has 3 fully saturated rings. The molecule has 0 spiro atoms. The molecule has 2 bridgehead atoms. The van der Waals surface area contributed by atoms with E-state index in [1.807, 2.05) is 0 Å². The summed E-state index contributed by atoms with van der Waals surface area (Å²) in [5.74, 6) is 0.863. The Balaban J connectivity index is 1.41. The molecule has 0 aliphatic carbocycles. The van der Waals surface area contributed by atoms with Crippen molar-refractivity contribution in [1.29, 1.82) is 0 Å². The van der Waals surface area contributed by atoms with Crippen LogP contribution < -0.4 is 10.2 Å². The van der Waals surface area contributed by atoms with E-state index in [1.165, 1.54) is 69.8 Å². The van der Waals surface area contributed by atoms with Crippen molar-refractivity contribution in [2.24, 2.45) is 5.92 Å². The average molecular weight is 271 g/mol. The molecule has 3 unspecified atom stereocenters. The van der Waals surface area contributed by atoms with E-state index in [4.69, 9.17) is 0 Å². The number of nitrogens with one attached hydrogen (secondary N) is 1. The minimum atomic E-state index is 0.686. The zero-order chi connectivity index (χ0) is 13.4. The SMILES string of the molecule is c1cc(N2CCCC2)ccc1NC1CCN2CCC1C2. The Kier molecular flexibility index (Phi) is 3.31. The van der Waals surface area contributed by atoms with E-state index in [0.717, 1.165) is 5.92 Å². The molecule has 3 aliphatic rings. The number of anilines is 2. The first-order valence-electron chi connectivity index (χ1n) is 8.22. The molecule has 1 aromatic rings. The molecule has 0 amide bonds. The van der Waals surface area contributed by atoms with E-state index in [1.54, 1.807) is 0 Å². The molecular formula is C17H25N3. The second-order valence-electron chi connectivity index (χ2n) is 6.63. The van der Waals surface area contributed by atoms with Gasteiger partial charge in [-0.3, -0.25) is 0 Å². The zero-order valence-corrected chi connectivity index (χ0v) is 12.2. The van der Waals surface area contributed by atoms with Crippen LogP contribution in [0.25, 0.3) is 0 Å². The predicted molar refractivity (Wildman–Crippen MR) is 84.5 cm³/mol. The quantitative estimate of drug-likeness (QED) is 0.912. The molecule has 20 heavy (non-hydrogen) atoms. The first kappa shape index (κ1) is 12.5. The van der Waals surface area contributed by atoms with Crippen LogP contribution in [0.15, 0.2) is 24.3 Å². The molecule has 1 N–H and O–H groups in total. The first-order valence-corrected chi connectivity index (χ1v) is 8.22. The summed E-state index contributed by atoms with van der Waals surface area (Å²) >= 11 is 0. The summed E-state index contributed by atoms with van der Waals surface area (Å²) < 4.78 is 0. The van der Waals surface area contributed by atoms with Crippen LogP contribution in [0.3, 0.4) is 0 Å². The lowest BCUT2D eigenvalue weighted by Gasteiger charge is -2.31.